The molecule has 0 unspecified atom stereocenters. The molecule has 1 N–H and O–H groups in total. The van der Waals surface area contributed by atoms with Gasteiger partial charge in [0, 0.05) is 18.7 Å². The lowest BCUT2D eigenvalue weighted by molar-refractivity contribution is 0.0603. The van der Waals surface area contributed by atoms with Crippen LogP contribution in [0.1, 0.15) is 23.4 Å². The van der Waals surface area contributed by atoms with Crippen molar-refractivity contribution in [2.24, 2.45) is 5.92 Å². The Balaban J connectivity index is 1.39. The predicted molar refractivity (Wildman–Crippen MR) is 85.6 cm³/mol. The monoisotopic (exact) mass is 312 g/mol. The highest BCUT2D eigenvalue weighted by atomic mass is 16.6. The van der Waals surface area contributed by atoms with Crippen LogP contribution in [0, 0.1) is 5.92 Å². The minimum atomic E-state index is -0.160. The summed E-state index contributed by atoms with van der Waals surface area (Å²) in [4.78, 5) is 14.8. The van der Waals surface area contributed by atoms with Crippen molar-refractivity contribution in [2.75, 3.05) is 19.6 Å². The number of fused-ring (bicyclic) bond motifs is 3. The summed E-state index contributed by atoms with van der Waals surface area (Å²) in [5.74, 6) is 1.75. The molecule has 1 amide bonds. The third kappa shape index (κ3) is 3.10. The van der Waals surface area contributed by atoms with Crippen molar-refractivity contribution < 1.29 is 13.9 Å². The number of rotatable bonds is 4. The van der Waals surface area contributed by atoms with Gasteiger partial charge in [0.1, 0.15) is 5.75 Å². The van der Waals surface area contributed by atoms with E-state index in [4.69, 9.17) is 9.15 Å². The fourth-order valence-corrected chi connectivity index (χ4v) is 3.47. The number of carbonyl (C=O) groups is 1. The summed E-state index contributed by atoms with van der Waals surface area (Å²) in [6, 6.07) is 13.0. The van der Waals surface area contributed by atoms with Gasteiger partial charge in [-0.2, -0.15) is 0 Å². The van der Waals surface area contributed by atoms with Gasteiger partial charge in [-0.05, 0) is 50.0 Å². The molecular weight excluding hydrogens is 292 g/mol. The number of para-hydroxylation sites is 1. The maximum Gasteiger partial charge on any atom is 0.290 e. The zero-order chi connectivity index (χ0) is 15.6. The fraction of sp³-hybridized carbons (Fsp3) is 0.389. The van der Waals surface area contributed by atoms with E-state index in [1.807, 2.05) is 30.3 Å². The maximum absolute atomic E-state index is 12.4. The van der Waals surface area contributed by atoms with Crippen molar-refractivity contribution in [3.05, 3.63) is 48.2 Å². The molecule has 0 radical (unpaired) electrons. The summed E-state index contributed by atoms with van der Waals surface area (Å²) in [6.07, 6.45) is 2.34. The molecule has 2 aromatic rings. The Labute approximate surface area is 135 Å². The van der Waals surface area contributed by atoms with Crippen molar-refractivity contribution in [3.63, 3.8) is 0 Å². The first-order valence-corrected chi connectivity index (χ1v) is 8.14. The van der Waals surface area contributed by atoms with Crippen LogP contribution in [0.15, 0.2) is 46.9 Å². The zero-order valence-corrected chi connectivity index (χ0v) is 12.9. The third-order valence-corrected chi connectivity index (χ3v) is 4.74. The molecule has 0 aliphatic carbocycles. The third-order valence-electron chi connectivity index (χ3n) is 4.74. The second-order valence-corrected chi connectivity index (χ2v) is 6.25. The maximum atomic E-state index is 12.4. The highest BCUT2D eigenvalue weighted by molar-refractivity contribution is 5.91. The molecule has 4 heterocycles. The molecular formula is C18H20N2O3. The molecule has 0 spiro atoms. The Morgan fingerprint density at radius 3 is 2.61 bits per heavy atom. The summed E-state index contributed by atoms with van der Waals surface area (Å²) in [5, 5.41) is 3.11. The van der Waals surface area contributed by atoms with Gasteiger partial charge >= 0.3 is 0 Å². The number of benzene rings is 1. The van der Waals surface area contributed by atoms with E-state index >= 15 is 0 Å². The Bertz CT molecular complexity index is 675. The average molecular weight is 312 g/mol. The second kappa shape index (κ2) is 6.08. The van der Waals surface area contributed by atoms with Crippen molar-refractivity contribution in [1.82, 2.24) is 10.2 Å². The van der Waals surface area contributed by atoms with Crippen LogP contribution in [-0.4, -0.2) is 36.5 Å². The van der Waals surface area contributed by atoms with Crippen LogP contribution in [0.5, 0.6) is 11.7 Å². The largest absolute Gasteiger partial charge is 0.426 e. The molecule has 5 heteroatoms. The lowest BCUT2D eigenvalue weighted by Crippen LogP contribution is -2.57. The summed E-state index contributed by atoms with van der Waals surface area (Å²) in [5.41, 5.74) is 0. The summed E-state index contributed by atoms with van der Waals surface area (Å²) in [7, 11) is 0. The minimum Gasteiger partial charge on any atom is -0.426 e. The fourth-order valence-electron chi connectivity index (χ4n) is 3.47. The first-order valence-electron chi connectivity index (χ1n) is 8.14. The van der Waals surface area contributed by atoms with E-state index in [1.54, 1.807) is 12.1 Å². The van der Waals surface area contributed by atoms with Gasteiger partial charge in [-0.1, -0.05) is 18.2 Å². The SMILES string of the molecule is O=C(N[C@H]1CN2CCC1CC2)c1ccc(Oc2ccccc2)o1. The lowest BCUT2D eigenvalue weighted by Gasteiger charge is -2.44. The molecule has 120 valence electrons. The van der Waals surface area contributed by atoms with Crippen LogP contribution in [0.25, 0.3) is 0 Å². The van der Waals surface area contributed by atoms with Gasteiger partial charge < -0.3 is 19.4 Å². The van der Waals surface area contributed by atoms with Gasteiger partial charge in [0.2, 0.25) is 0 Å². The van der Waals surface area contributed by atoms with Crippen molar-refractivity contribution >= 4 is 5.91 Å². The van der Waals surface area contributed by atoms with Crippen molar-refractivity contribution in [2.45, 2.75) is 18.9 Å². The van der Waals surface area contributed by atoms with Gasteiger partial charge in [-0.25, -0.2) is 0 Å². The summed E-state index contributed by atoms with van der Waals surface area (Å²) in [6.45, 7) is 3.27. The van der Waals surface area contributed by atoms with E-state index in [9.17, 15) is 4.79 Å². The quantitative estimate of drug-likeness (QED) is 0.943. The van der Waals surface area contributed by atoms with Gasteiger partial charge in [0.05, 0.1) is 0 Å². The standard InChI is InChI=1S/C18H20N2O3/c21-18(19-15-12-20-10-8-13(15)9-11-20)16-6-7-17(23-16)22-14-4-2-1-3-5-14/h1-7,13,15H,8-12H2,(H,19,21)/t15-/m0/s1. The second-order valence-electron chi connectivity index (χ2n) is 6.25. The van der Waals surface area contributed by atoms with Gasteiger partial charge in [-0.3, -0.25) is 4.79 Å². The van der Waals surface area contributed by atoms with Crippen LogP contribution in [0.4, 0.5) is 0 Å². The first-order chi connectivity index (χ1) is 11.3. The lowest BCUT2D eigenvalue weighted by atomic mass is 9.84. The van der Waals surface area contributed by atoms with Crippen molar-refractivity contribution in [1.29, 1.82) is 0 Å². The Hall–Kier alpha value is -2.27. The number of carbonyl (C=O) groups excluding carboxylic acids is 1. The van der Waals surface area contributed by atoms with Crippen LogP contribution in [-0.2, 0) is 0 Å². The van der Waals surface area contributed by atoms with Crippen LogP contribution in [0.3, 0.4) is 0 Å². The number of hydrogen-bond acceptors (Lipinski definition) is 4. The van der Waals surface area contributed by atoms with E-state index in [1.165, 1.54) is 12.8 Å². The molecule has 1 aromatic carbocycles. The van der Waals surface area contributed by atoms with E-state index < -0.39 is 0 Å². The molecule has 3 aliphatic rings. The van der Waals surface area contributed by atoms with Gasteiger partial charge in [0.15, 0.2) is 5.76 Å². The predicted octanol–water partition coefficient (Wildman–Crippen LogP) is 2.90. The number of hydrogen-bond donors (Lipinski definition) is 1. The molecule has 5 rings (SSSR count). The van der Waals surface area contributed by atoms with Crippen LogP contribution < -0.4 is 10.1 Å². The molecule has 3 saturated heterocycles. The summed E-state index contributed by atoms with van der Waals surface area (Å²) >= 11 is 0. The molecule has 1 atom stereocenters. The molecule has 3 aliphatic heterocycles. The minimum absolute atomic E-state index is 0.160. The number of nitrogens with zero attached hydrogens (tertiary/aromatic N) is 1. The molecule has 23 heavy (non-hydrogen) atoms. The molecule has 5 nitrogen and oxygen atoms in total. The van der Waals surface area contributed by atoms with Crippen LogP contribution in [0.2, 0.25) is 0 Å². The highest BCUT2D eigenvalue weighted by Crippen LogP contribution is 2.28. The average Bonchev–Trinajstić information content (AvgIpc) is 3.05. The van der Waals surface area contributed by atoms with E-state index in [0.29, 0.717) is 23.4 Å². The molecule has 3 fully saturated rings. The van der Waals surface area contributed by atoms with Gasteiger partial charge in [-0.15, -0.1) is 0 Å². The molecule has 0 saturated carbocycles. The number of ether oxygens (including phenoxy) is 1. The van der Waals surface area contributed by atoms with E-state index in [2.05, 4.69) is 10.2 Å². The van der Waals surface area contributed by atoms with E-state index in [-0.39, 0.29) is 11.9 Å². The van der Waals surface area contributed by atoms with Crippen molar-refractivity contribution in [3.8, 4) is 11.7 Å². The topological polar surface area (TPSA) is 54.7 Å². The van der Waals surface area contributed by atoms with Gasteiger partial charge in [0.25, 0.3) is 11.9 Å². The van der Waals surface area contributed by atoms with Crippen LogP contribution >= 0.6 is 0 Å². The number of furan rings is 1. The zero-order valence-electron chi connectivity index (χ0n) is 12.9. The Morgan fingerprint density at radius 2 is 1.91 bits per heavy atom. The smallest absolute Gasteiger partial charge is 0.290 e. The summed E-state index contributed by atoms with van der Waals surface area (Å²) < 4.78 is 11.1. The normalized spacial score (nSPS) is 26.0. The highest BCUT2D eigenvalue weighted by Gasteiger charge is 2.35. The Morgan fingerprint density at radius 1 is 1.13 bits per heavy atom. The molecule has 2 bridgehead atoms. The Kier molecular flexibility index (Phi) is 3.79. The first kappa shape index (κ1) is 14.3. The number of nitrogens with one attached hydrogen (secondary N) is 1. The number of piperidine rings is 3. The molecule has 1 aromatic heterocycles. The number of amides is 1. The van der Waals surface area contributed by atoms with E-state index in [0.717, 1.165) is 19.6 Å².